The molecule has 2 nitrogen and oxygen atoms in total. The van der Waals surface area contributed by atoms with Gasteiger partial charge in [-0.25, -0.2) is 0 Å². The summed E-state index contributed by atoms with van der Waals surface area (Å²) in [7, 11) is -1.14. The standard InChI is InChI=1S/C15H16ClNOS/c16-14-8-4-5-9-15(14)19(18)11-13(10-17)12-6-2-1-3-7-12/h1-9,13H,10-11,17H2. The molecule has 0 saturated carbocycles. The molecule has 0 radical (unpaired) electrons. The van der Waals surface area contributed by atoms with Crippen LogP contribution in [0, 0.1) is 0 Å². The highest BCUT2D eigenvalue weighted by Gasteiger charge is 2.16. The van der Waals surface area contributed by atoms with E-state index in [9.17, 15) is 4.21 Å². The van der Waals surface area contributed by atoms with Gasteiger partial charge in [0.15, 0.2) is 0 Å². The first-order valence-corrected chi connectivity index (χ1v) is 7.80. The second-order valence-electron chi connectivity index (χ2n) is 4.29. The Hall–Kier alpha value is -1.16. The van der Waals surface area contributed by atoms with Gasteiger partial charge in [0, 0.05) is 18.2 Å². The highest BCUT2D eigenvalue weighted by molar-refractivity contribution is 7.85. The highest BCUT2D eigenvalue weighted by atomic mass is 35.5. The fraction of sp³-hybridized carbons (Fsp3) is 0.200. The monoisotopic (exact) mass is 293 g/mol. The first kappa shape index (κ1) is 14.3. The normalized spacial score (nSPS) is 14.0. The van der Waals surface area contributed by atoms with Gasteiger partial charge in [-0.15, -0.1) is 0 Å². The minimum Gasteiger partial charge on any atom is -0.330 e. The summed E-state index contributed by atoms with van der Waals surface area (Å²) in [4.78, 5) is 0.679. The van der Waals surface area contributed by atoms with E-state index in [1.165, 1.54) is 0 Å². The molecule has 0 aromatic heterocycles. The maximum atomic E-state index is 12.4. The summed E-state index contributed by atoms with van der Waals surface area (Å²) < 4.78 is 12.4. The second-order valence-corrected chi connectivity index (χ2v) is 6.16. The molecule has 0 aliphatic heterocycles. The molecule has 0 spiro atoms. The van der Waals surface area contributed by atoms with Crippen LogP contribution in [0.4, 0.5) is 0 Å². The lowest BCUT2D eigenvalue weighted by atomic mass is 10.0. The molecule has 0 aliphatic carbocycles. The SMILES string of the molecule is NCC(CS(=O)c1ccccc1Cl)c1ccccc1. The van der Waals surface area contributed by atoms with Gasteiger partial charge in [0.1, 0.15) is 0 Å². The zero-order chi connectivity index (χ0) is 13.7. The van der Waals surface area contributed by atoms with Crippen LogP contribution in [0.2, 0.25) is 5.02 Å². The van der Waals surface area contributed by atoms with Crippen molar-refractivity contribution in [2.45, 2.75) is 10.8 Å². The summed E-state index contributed by atoms with van der Waals surface area (Å²) in [5, 5.41) is 0.546. The first-order chi connectivity index (χ1) is 9.22. The van der Waals surface area contributed by atoms with Crippen LogP contribution in [0.25, 0.3) is 0 Å². The van der Waals surface area contributed by atoms with E-state index < -0.39 is 10.8 Å². The number of hydrogen-bond acceptors (Lipinski definition) is 2. The summed E-state index contributed by atoms with van der Waals surface area (Å²) in [6.07, 6.45) is 0. The molecule has 100 valence electrons. The molecule has 0 heterocycles. The quantitative estimate of drug-likeness (QED) is 0.920. The maximum Gasteiger partial charge on any atom is 0.0574 e. The Balaban J connectivity index is 2.16. The predicted octanol–water partition coefficient (Wildman–Crippen LogP) is 3.19. The van der Waals surface area contributed by atoms with Gasteiger partial charge in [-0.1, -0.05) is 54.1 Å². The number of benzene rings is 2. The minimum absolute atomic E-state index is 0.0818. The summed E-state index contributed by atoms with van der Waals surface area (Å²) in [6, 6.07) is 17.2. The third-order valence-electron chi connectivity index (χ3n) is 2.99. The van der Waals surface area contributed by atoms with E-state index >= 15 is 0 Å². The summed E-state index contributed by atoms with van der Waals surface area (Å²) in [5.41, 5.74) is 6.92. The largest absolute Gasteiger partial charge is 0.330 e. The molecular formula is C15H16ClNOS. The van der Waals surface area contributed by atoms with Crippen molar-refractivity contribution >= 4 is 22.4 Å². The van der Waals surface area contributed by atoms with Crippen molar-refractivity contribution in [1.82, 2.24) is 0 Å². The molecular weight excluding hydrogens is 278 g/mol. The van der Waals surface area contributed by atoms with E-state index in [0.717, 1.165) is 5.56 Å². The van der Waals surface area contributed by atoms with Gasteiger partial charge < -0.3 is 5.73 Å². The summed E-state index contributed by atoms with van der Waals surface area (Å²) in [6.45, 7) is 0.472. The Morgan fingerprint density at radius 1 is 1.05 bits per heavy atom. The van der Waals surface area contributed by atoms with Crippen LogP contribution in [0.5, 0.6) is 0 Å². The van der Waals surface area contributed by atoms with E-state index in [4.69, 9.17) is 17.3 Å². The van der Waals surface area contributed by atoms with Crippen LogP contribution in [0.3, 0.4) is 0 Å². The van der Waals surface area contributed by atoms with E-state index in [-0.39, 0.29) is 5.92 Å². The lowest BCUT2D eigenvalue weighted by molar-refractivity contribution is 0.673. The van der Waals surface area contributed by atoms with E-state index in [1.54, 1.807) is 12.1 Å². The average molecular weight is 294 g/mol. The molecule has 2 atom stereocenters. The van der Waals surface area contributed by atoms with Gasteiger partial charge in [-0.2, -0.15) is 0 Å². The van der Waals surface area contributed by atoms with Crippen LogP contribution in [0.1, 0.15) is 11.5 Å². The van der Waals surface area contributed by atoms with Crippen molar-refractivity contribution in [1.29, 1.82) is 0 Å². The van der Waals surface area contributed by atoms with Crippen molar-refractivity contribution in [3.63, 3.8) is 0 Å². The molecule has 2 unspecified atom stereocenters. The van der Waals surface area contributed by atoms with Gasteiger partial charge >= 0.3 is 0 Å². The van der Waals surface area contributed by atoms with Gasteiger partial charge in [0.05, 0.1) is 20.7 Å². The lowest BCUT2D eigenvalue weighted by Gasteiger charge is -2.15. The molecule has 2 aromatic rings. The van der Waals surface area contributed by atoms with Gasteiger partial charge in [0.2, 0.25) is 0 Å². The summed E-state index contributed by atoms with van der Waals surface area (Å²) >= 11 is 6.07. The van der Waals surface area contributed by atoms with Crippen LogP contribution in [-0.4, -0.2) is 16.5 Å². The topological polar surface area (TPSA) is 43.1 Å². The van der Waals surface area contributed by atoms with Crippen LogP contribution < -0.4 is 5.73 Å². The number of hydrogen-bond donors (Lipinski definition) is 1. The van der Waals surface area contributed by atoms with Crippen LogP contribution >= 0.6 is 11.6 Å². The Morgan fingerprint density at radius 3 is 2.32 bits per heavy atom. The van der Waals surface area contributed by atoms with E-state index in [2.05, 4.69) is 0 Å². The van der Waals surface area contributed by atoms with Crippen molar-refractivity contribution in [2.24, 2.45) is 5.73 Å². The van der Waals surface area contributed by atoms with Crippen LogP contribution in [0.15, 0.2) is 59.5 Å². The maximum absolute atomic E-state index is 12.4. The van der Waals surface area contributed by atoms with E-state index in [0.29, 0.717) is 22.2 Å². The van der Waals surface area contributed by atoms with Crippen molar-refractivity contribution in [3.05, 3.63) is 65.2 Å². The molecule has 2 aromatic carbocycles. The molecule has 0 saturated heterocycles. The fourth-order valence-corrected chi connectivity index (χ4v) is 3.71. The van der Waals surface area contributed by atoms with Crippen molar-refractivity contribution < 1.29 is 4.21 Å². The Labute approximate surface area is 121 Å². The number of rotatable bonds is 5. The Bertz CT molecular complexity index is 559. The second kappa shape index (κ2) is 6.85. The van der Waals surface area contributed by atoms with Crippen LogP contribution in [-0.2, 0) is 10.8 Å². The predicted molar refractivity (Wildman–Crippen MR) is 81.0 cm³/mol. The highest BCUT2D eigenvalue weighted by Crippen LogP contribution is 2.23. The van der Waals surface area contributed by atoms with Crippen molar-refractivity contribution in [3.8, 4) is 0 Å². The molecule has 0 amide bonds. The van der Waals surface area contributed by atoms with Gasteiger partial charge in [0.25, 0.3) is 0 Å². The zero-order valence-electron chi connectivity index (χ0n) is 10.5. The minimum atomic E-state index is -1.14. The smallest absolute Gasteiger partial charge is 0.0574 e. The zero-order valence-corrected chi connectivity index (χ0v) is 12.0. The first-order valence-electron chi connectivity index (χ1n) is 6.10. The molecule has 0 bridgehead atoms. The van der Waals surface area contributed by atoms with Crippen molar-refractivity contribution in [2.75, 3.05) is 12.3 Å². The average Bonchev–Trinajstić information content (AvgIpc) is 2.46. The third kappa shape index (κ3) is 3.66. The third-order valence-corrected chi connectivity index (χ3v) is 4.98. The number of nitrogens with two attached hydrogens (primary N) is 1. The molecule has 0 aliphatic rings. The Morgan fingerprint density at radius 2 is 1.68 bits per heavy atom. The van der Waals surface area contributed by atoms with Gasteiger partial charge in [-0.3, -0.25) is 4.21 Å². The molecule has 0 fully saturated rings. The molecule has 2 N–H and O–H groups in total. The number of halogens is 1. The molecule has 19 heavy (non-hydrogen) atoms. The molecule has 2 rings (SSSR count). The van der Waals surface area contributed by atoms with Gasteiger partial charge in [-0.05, 0) is 17.7 Å². The van der Waals surface area contributed by atoms with E-state index in [1.807, 2.05) is 42.5 Å². The lowest BCUT2D eigenvalue weighted by Crippen LogP contribution is -2.19. The summed E-state index contributed by atoms with van der Waals surface area (Å²) in [5.74, 6) is 0.572. The fourth-order valence-electron chi connectivity index (χ4n) is 1.93. The Kier molecular flexibility index (Phi) is 5.14. The molecule has 4 heteroatoms.